The fraction of sp³-hybridized carbons (Fsp3) is 0.636. The summed E-state index contributed by atoms with van der Waals surface area (Å²) in [5.41, 5.74) is 0. The van der Waals surface area contributed by atoms with Crippen molar-refractivity contribution in [3.63, 3.8) is 0 Å². The maximum absolute atomic E-state index is 5.30. The second-order valence-corrected chi connectivity index (χ2v) is 4.73. The third kappa shape index (κ3) is 3.08. The Kier molecular flexibility index (Phi) is 3.98. The summed E-state index contributed by atoms with van der Waals surface area (Å²) in [6.07, 6.45) is 3.62. The number of aryl methyl sites for hydroxylation is 1. The van der Waals surface area contributed by atoms with Crippen molar-refractivity contribution in [2.24, 2.45) is 0 Å². The van der Waals surface area contributed by atoms with E-state index in [-0.39, 0.29) is 0 Å². The van der Waals surface area contributed by atoms with Crippen LogP contribution in [-0.4, -0.2) is 25.8 Å². The summed E-state index contributed by atoms with van der Waals surface area (Å²) in [6, 6.07) is 4.94. The molecule has 0 bridgehead atoms. The largest absolute Gasteiger partial charge is 0.380 e. The van der Waals surface area contributed by atoms with E-state index in [1.54, 1.807) is 0 Å². The first kappa shape index (κ1) is 10.1. The Hall–Kier alpha value is -0.380. The molecule has 0 amide bonds. The van der Waals surface area contributed by atoms with Gasteiger partial charge in [-0.25, -0.2) is 0 Å². The summed E-state index contributed by atoms with van der Waals surface area (Å²) in [5, 5.41) is 5.67. The highest BCUT2D eigenvalue weighted by molar-refractivity contribution is 7.09. The first-order chi connectivity index (χ1) is 6.95. The molecule has 78 valence electrons. The van der Waals surface area contributed by atoms with Gasteiger partial charge in [0.05, 0.1) is 6.61 Å². The van der Waals surface area contributed by atoms with Gasteiger partial charge in [0.25, 0.3) is 0 Å². The first-order valence-electron chi connectivity index (χ1n) is 5.28. The van der Waals surface area contributed by atoms with Crippen molar-refractivity contribution < 1.29 is 4.74 Å². The summed E-state index contributed by atoms with van der Waals surface area (Å²) in [6.45, 7) is 2.95. The van der Waals surface area contributed by atoms with E-state index < -0.39 is 0 Å². The molecule has 0 spiro atoms. The minimum Gasteiger partial charge on any atom is -0.380 e. The van der Waals surface area contributed by atoms with Crippen molar-refractivity contribution in [1.82, 2.24) is 5.32 Å². The van der Waals surface area contributed by atoms with Crippen molar-refractivity contribution >= 4 is 11.3 Å². The van der Waals surface area contributed by atoms with Gasteiger partial charge < -0.3 is 10.1 Å². The Labute approximate surface area is 89.3 Å². The Morgan fingerprint density at radius 1 is 1.57 bits per heavy atom. The Morgan fingerprint density at radius 3 is 3.29 bits per heavy atom. The van der Waals surface area contributed by atoms with Crippen molar-refractivity contribution in [2.75, 3.05) is 19.8 Å². The summed E-state index contributed by atoms with van der Waals surface area (Å²) < 4.78 is 5.30. The molecule has 2 rings (SSSR count). The van der Waals surface area contributed by atoms with Crippen LogP contribution in [0.3, 0.4) is 0 Å². The van der Waals surface area contributed by atoms with Crippen LogP contribution in [-0.2, 0) is 11.2 Å². The summed E-state index contributed by atoms with van der Waals surface area (Å²) in [7, 11) is 0. The van der Waals surface area contributed by atoms with Crippen LogP contribution in [0.15, 0.2) is 17.5 Å². The molecule has 1 N–H and O–H groups in total. The van der Waals surface area contributed by atoms with Crippen LogP contribution in [0.4, 0.5) is 0 Å². The van der Waals surface area contributed by atoms with Crippen LogP contribution in [0, 0.1) is 0 Å². The van der Waals surface area contributed by atoms with Crippen LogP contribution >= 0.6 is 11.3 Å². The van der Waals surface area contributed by atoms with Gasteiger partial charge in [-0.15, -0.1) is 11.3 Å². The molecular weight excluding hydrogens is 194 g/mol. The highest BCUT2D eigenvalue weighted by Gasteiger charge is 2.13. The molecule has 1 aromatic heterocycles. The van der Waals surface area contributed by atoms with Gasteiger partial charge in [-0.05, 0) is 37.3 Å². The lowest BCUT2D eigenvalue weighted by atomic mass is 10.2. The minimum absolute atomic E-state index is 0.610. The molecule has 1 atom stereocenters. The van der Waals surface area contributed by atoms with Crippen LogP contribution in [0.1, 0.15) is 17.7 Å². The molecule has 0 radical (unpaired) electrons. The van der Waals surface area contributed by atoms with Gasteiger partial charge in [0.15, 0.2) is 0 Å². The maximum Gasteiger partial charge on any atom is 0.0620 e. The van der Waals surface area contributed by atoms with E-state index in [2.05, 4.69) is 22.8 Å². The zero-order valence-electron chi connectivity index (χ0n) is 8.37. The molecule has 2 nitrogen and oxygen atoms in total. The van der Waals surface area contributed by atoms with E-state index in [9.17, 15) is 0 Å². The minimum atomic E-state index is 0.610. The summed E-state index contributed by atoms with van der Waals surface area (Å²) in [4.78, 5) is 1.49. The van der Waals surface area contributed by atoms with E-state index >= 15 is 0 Å². The van der Waals surface area contributed by atoms with Crippen LogP contribution in [0.2, 0.25) is 0 Å². The number of thiophene rings is 1. The lowest BCUT2D eigenvalue weighted by Crippen LogP contribution is -2.30. The van der Waals surface area contributed by atoms with Crippen LogP contribution in [0.5, 0.6) is 0 Å². The molecule has 1 aliphatic heterocycles. The molecule has 1 aromatic rings. The number of hydrogen-bond donors (Lipinski definition) is 1. The molecule has 0 saturated carbocycles. The highest BCUT2D eigenvalue weighted by atomic mass is 32.1. The fourth-order valence-electron chi connectivity index (χ4n) is 1.72. The fourth-order valence-corrected chi connectivity index (χ4v) is 2.47. The molecule has 1 fully saturated rings. The molecule has 2 heterocycles. The van der Waals surface area contributed by atoms with Gasteiger partial charge in [-0.3, -0.25) is 0 Å². The second kappa shape index (κ2) is 5.49. The van der Waals surface area contributed by atoms with E-state index in [0.29, 0.717) is 6.04 Å². The average Bonchev–Trinajstić information content (AvgIpc) is 2.86. The first-order valence-corrected chi connectivity index (χ1v) is 6.16. The summed E-state index contributed by atoms with van der Waals surface area (Å²) >= 11 is 1.85. The number of nitrogens with one attached hydrogen (secondary N) is 1. The number of ether oxygens (including phenoxy) is 1. The lowest BCUT2D eigenvalue weighted by Gasteiger charge is -2.09. The second-order valence-electron chi connectivity index (χ2n) is 3.70. The zero-order chi connectivity index (χ0) is 9.64. The van der Waals surface area contributed by atoms with Gasteiger partial charge in [-0.1, -0.05) is 6.07 Å². The standard InChI is InChI=1S/C11H17NOS/c1(3-11-4-2-8-14-11)6-12-10-5-7-13-9-10/h2,4,8,10,12H,1,3,5-7,9H2. The summed E-state index contributed by atoms with van der Waals surface area (Å²) in [5.74, 6) is 0. The van der Waals surface area contributed by atoms with Crippen molar-refractivity contribution in [3.05, 3.63) is 22.4 Å². The van der Waals surface area contributed by atoms with Gasteiger partial charge in [0.2, 0.25) is 0 Å². The van der Waals surface area contributed by atoms with Crippen LogP contribution < -0.4 is 5.32 Å². The molecule has 1 aliphatic rings. The molecular formula is C11H17NOS. The Bertz CT molecular complexity index is 242. The SMILES string of the molecule is c1csc(CCCNC2CCOC2)c1. The molecule has 0 aliphatic carbocycles. The normalized spacial score (nSPS) is 21.6. The smallest absolute Gasteiger partial charge is 0.0620 e. The molecule has 0 aromatic carbocycles. The highest BCUT2D eigenvalue weighted by Crippen LogP contribution is 2.10. The van der Waals surface area contributed by atoms with Crippen LogP contribution in [0.25, 0.3) is 0 Å². The molecule has 14 heavy (non-hydrogen) atoms. The maximum atomic E-state index is 5.30. The monoisotopic (exact) mass is 211 g/mol. The number of hydrogen-bond acceptors (Lipinski definition) is 3. The third-order valence-corrected chi connectivity index (χ3v) is 3.48. The van der Waals surface area contributed by atoms with Gasteiger partial charge >= 0.3 is 0 Å². The quantitative estimate of drug-likeness (QED) is 0.753. The van der Waals surface area contributed by atoms with Gasteiger partial charge in [-0.2, -0.15) is 0 Å². The van der Waals surface area contributed by atoms with E-state index in [4.69, 9.17) is 4.74 Å². The Morgan fingerprint density at radius 2 is 2.57 bits per heavy atom. The lowest BCUT2D eigenvalue weighted by molar-refractivity contribution is 0.190. The Balaban J connectivity index is 1.55. The van der Waals surface area contributed by atoms with Gasteiger partial charge in [0, 0.05) is 17.5 Å². The zero-order valence-corrected chi connectivity index (χ0v) is 9.19. The predicted molar refractivity (Wildman–Crippen MR) is 59.9 cm³/mol. The third-order valence-electron chi connectivity index (χ3n) is 2.54. The van der Waals surface area contributed by atoms with E-state index in [0.717, 1.165) is 19.8 Å². The van der Waals surface area contributed by atoms with Gasteiger partial charge in [0.1, 0.15) is 0 Å². The van der Waals surface area contributed by atoms with E-state index in [1.807, 2.05) is 11.3 Å². The van der Waals surface area contributed by atoms with Crippen molar-refractivity contribution in [1.29, 1.82) is 0 Å². The van der Waals surface area contributed by atoms with Crippen molar-refractivity contribution in [2.45, 2.75) is 25.3 Å². The topological polar surface area (TPSA) is 21.3 Å². The van der Waals surface area contributed by atoms with Crippen molar-refractivity contribution in [3.8, 4) is 0 Å². The van der Waals surface area contributed by atoms with E-state index in [1.165, 1.54) is 24.1 Å². The average molecular weight is 211 g/mol. The number of rotatable bonds is 5. The molecule has 1 unspecified atom stereocenters. The predicted octanol–water partition coefficient (Wildman–Crippen LogP) is 2.06. The molecule has 3 heteroatoms. The molecule has 1 saturated heterocycles.